The Morgan fingerprint density at radius 1 is 1.40 bits per heavy atom. The molecule has 0 bridgehead atoms. The van der Waals surface area contributed by atoms with Crippen molar-refractivity contribution in [2.45, 2.75) is 32.2 Å². The second-order valence-corrected chi connectivity index (χ2v) is 4.22. The second kappa shape index (κ2) is 4.03. The summed E-state index contributed by atoms with van der Waals surface area (Å²) in [5.74, 6) is -1.19. The first-order valence-corrected chi connectivity index (χ1v) is 4.94. The predicted octanol–water partition coefficient (Wildman–Crippen LogP) is 1.90. The van der Waals surface area contributed by atoms with Gasteiger partial charge in [0.1, 0.15) is 5.54 Å². The van der Waals surface area contributed by atoms with Gasteiger partial charge in [-0.2, -0.15) is 0 Å². The summed E-state index contributed by atoms with van der Waals surface area (Å²) in [5, 5.41) is 9.00. The van der Waals surface area contributed by atoms with E-state index in [1.165, 1.54) is 0 Å². The van der Waals surface area contributed by atoms with Crippen molar-refractivity contribution in [3.63, 3.8) is 0 Å². The number of hydrogen-bond acceptors (Lipinski definition) is 2. The fourth-order valence-electron chi connectivity index (χ4n) is 1.39. The van der Waals surface area contributed by atoms with Crippen LogP contribution < -0.4 is 5.73 Å². The number of benzene rings is 1. The van der Waals surface area contributed by atoms with E-state index in [2.05, 4.69) is 0 Å². The van der Waals surface area contributed by atoms with Crippen molar-refractivity contribution in [2.24, 2.45) is 5.73 Å². The van der Waals surface area contributed by atoms with Crippen LogP contribution in [0.5, 0.6) is 0 Å². The van der Waals surface area contributed by atoms with Crippen molar-refractivity contribution >= 4 is 5.97 Å². The van der Waals surface area contributed by atoms with Gasteiger partial charge in [0.2, 0.25) is 0 Å². The van der Waals surface area contributed by atoms with Crippen molar-refractivity contribution < 1.29 is 9.90 Å². The topological polar surface area (TPSA) is 63.3 Å². The third-order valence-electron chi connectivity index (χ3n) is 2.94. The molecule has 82 valence electrons. The van der Waals surface area contributed by atoms with Crippen molar-refractivity contribution in [1.82, 2.24) is 0 Å². The number of aliphatic carboxylic acids is 1. The summed E-state index contributed by atoms with van der Waals surface area (Å²) in [4.78, 5) is 11.0. The van der Waals surface area contributed by atoms with E-state index >= 15 is 0 Å². The van der Waals surface area contributed by atoms with Gasteiger partial charge in [-0.15, -0.1) is 0 Å². The van der Waals surface area contributed by atoms with Crippen molar-refractivity contribution in [2.75, 3.05) is 0 Å². The van der Waals surface area contributed by atoms with Crippen LogP contribution in [0, 0.1) is 6.92 Å². The third-order valence-corrected chi connectivity index (χ3v) is 2.94. The lowest BCUT2D eigenvalue weighted by Crippen LogP contribution is -2.49. The fourth-order valence-corrected chi connectivity index (χ4v) is 1.39. The Morgan fingerprint density at radius 3 is 2.27 bits per heavy atom. The Kier molecular flexibility index (Phi) is 3.15. The molecule has 0 fully saturated rings. The summed E-state index contributed by atoms with van der Waals surface area (Å²) in [6.45, 7) is 5.37. The Morgan fingerprint density at radius 2 is 1.87 bits per heavy atom. The summed E-state index contributed by atoms with van der Waals surface area (Å²) in [6.07, 6.45) is 0. The van der Waals surface area contributed by atoms with E-state index in [1.807, 2.05) is 38.1 Å². The smallest absolute Gasteiger partial charge is 0.324 e. The van der Waals surface area contributed by atoms with Crippen LogP contribution in [-0.2, 0) is 4.79 Å². The zero-order valence-electron chi connectivity index (χ0n) is 9.32. The molecule has 0 saturated carbocycles. The number of carboxylic acids is 1. The maximum Gasteiger partial charge on any atom is 0.324 e. The van der Waals surface area contributed by atoms with Gasteiger partial charge in [0, 0.05) is 5.92 Å². The van der Waals surface area contributed by atoms with Crippen LogP contribution in [0.1, 0.15) is 30.9 Å². The van der Waals surface area contributed by atoms with Crippen LogP contribution >= 0.6 is 0 Å². The maximum absolute atomic E-state index is 11.0. The van der Waals surface area contributed by atoms with E-state index < -0.39 is 11.5 Å². The quantitative estimate of drug-likeness (QED) is 0.795. The molecular weight excluding hydrogens is 190 g/mol. The molecule has 0 aliphatic rings. The van der Waals surface area contributed by atoms with E-state index in [4.69, 9.17) is 10.8 Å². The lowest BCUT2D eigenvalue weighted by atomic mass is 9.82. The van der Waals surface area contributed by atoms with E-state index in [1.54, 1.807) is 6.92 Å². The van der Waals surface area contributed by atoms with Gasteiger partial charge in [-0.25, -0.2) is 0 Å². The summed E-state index contributed by atoms with van der Waals surface area (Å²) in [6, 6.07) is 7.77. The zero-order chi connectivity index (χ0) is 11.6. The van der Waals surface area contributed by atoms with Gasteiger partial charge >= 0.3 is 5.97 Å². The second-order valence-electron chi connectivity index (χ2n) is 4.22. The fraction of sp³-hybridized carbons (Fsp3) is 0.417. The molecule has 3 nitrogen and oxygen atoms in total. The van der Waals surface area contributed by atoms with Crippen LogP contribution in [0.3, 0.4) is 0 Å². The summed E-state index contributed by atoms with van der Waals surface area (Å²) in [5.41, 5.74) is 6.65. The minimum atomic E-state index is -1.23. The highest BCUT2D eigenvalue weighted by molar-refractivity contribution is 5.79. The number of nitrogens with two attached hydrogens (primary N) is 1. The zero-order valence-corrected chi connectivity index (χ0v) is 9.32. The molecule has 0 heterocycles. The Hall–Kier alpha value is -1.35. The van der Waals surface area contributed by atoms with Crippen molar-refractivity contribution in [1.29, 1.82) is 0 Å². The normalized spacial score (nSPS) is 16.8. The average Bonchev–Trinajstić information content (AvgIpc) is 2.17. The number of carboxylic acid groups (broad SMARTS) is 1. The average molecular weight is 207 g/mol. The monoisotopic (exact) mass is 207 g/mol. The lowest BCUT2D eigenvalue weighted by Gasteiger charge is -2.27. The standard InChI is InChI=1S/C12H17NO2/c1-8-4-6-10(7-5-8)9(2)12(3,13)11(14)15/h4-7,9H,13H2,1-3H3,(H,14,15). The molecule has 0 aliphatic carbocycles. The lowest BCUT2D eigenvalue weighted by molar-refractivity contribution is -0.143. The van der Waals surface area contributed by atoms with Crippen molar-refractivity contribution in [3.8, 4) is 0 Å². The van der Waals surface area contributed by atoms with Gasteiger partial charge in [0.05, 0.1) is 0 Å². The molecule has 1 aromatic rings. The van der Waals surface area contributed by atoms with E-state index in [9.17, 15) is 4.79 Å². The first-order chi connectivity index (χ1) is 6.85. The largest absolute Gasteiger partial charge is 0.480 e. The Labute approximate surface area is 89.9 Å². The van der Waals surface area contributed by atoms with Crippen LogP contribution in [0.4, 0.5) is 0 Å². The van der Waals surface area contributed by atoms with Gasteiger partial charge in [-0.05, 0) is 19.4 Å². The van der Waals surface area contributed by atoms with Gasteiger partial charge in [-0.3, -0.25) is 4.79 Å². The molecule has 0 radical (unpaired) electrons. The highest BCUT2D eigenvalue weighted by atomic mass is 16.4. The van der Waals surface area contributed by atoms with Crippen LogP contribution in [0.15, 0.2) is 24.3 Å². The van der Waals surface area contributed by atoms with Crippen molar-refractivity contribution in [3.05, 3.63) is 35.4 Å². The molecule has 0 aliphatic heterocycles. The van der Waals surface area contributed by atoms with Gasteiger partial charge < -0.3 is 10.8 Å². The number of aryl methyl sites for hydroxylation is 1. The molecule has 2 unspecified atom stereocenters. The van der Waals surface area contributed by atoms with E-state index in [0.717, 1.165) is 11.1 Å². The van der Waals surface area contributed by atoms with Crippen LogP contribution in [0.2, 0.25) is 0 Å². The van der Waals surface area contributed by atoms with E-state index in [0.29, 0.717) is 0 Å². The Balaban J connectivity index is 2.99. The Bertz CT molecular complexity index is 354. The molecule has 2 atom stereocenters. The first-order valence-electron chi connectivity index (χ1n) is 4.94. The minimum absolute atomic E-state index is 0.212. The molecule has 0 spiro atoms. The first kappa shape index (κ1) is 11.7. The molecular formula is C12H17NO2. The highest BCUT2D eigenvalue weighted by Gasteiger charge is 2.35. The molecule has 3 N–H and O–H groups in total. The van der Waals surface area contributed by atoms with E-state index in [-0.39, 0.29) is 5.92 Å². The summed E-state index contributed by atoms with van der Waals surface area (Å²) >= 11 is 0. The maximum atomic E-state index is 11.0. The molecule has 0 aromatic heterocycles. The minimum Gasteiger partial charge on any atom is -0.480 e. The van der Waals surface area contributed by atoms with Gasteiger partial charge in [0.25, 0.3) is 0 Å². The molecule has 15 heavy (non-hydrogen) atoms. The van der Waals surface area contributed by atoms with Crippen LogP contribution in [-0.4, -0.2) is 16.6 Å². The molecule has 1 rings (SSSR count). The van der Waals surface area contributed by atoms with Crippen LogP contribution in [0.25, 0.3) is 0 Å². The number of carbonyl (C=O) groups is 1. The van der Waals surface area contributed by atoms with Gasteiger partial charge in [0.15, 0.2) is 0 Å². The molecule has 3 heteroatoms. The summed E-state index contributed by atoms with van der Waals surface area (Å²) in [7, 11) is 0. The molecule has 0 saturated heterocycles. The summed E-state index contributed by atoms with van der Waals surface area (Å²) < 4.78 is 0. The molecule has 1 aromatic carbocycles. The molecule has 0 amide bonds. The SMILES string of the molecule is Cc1ccc(C(C)C(C)(N)C(=O)O)cc1. The van der Waals surface area contributed by atoms with Gasteiger partial charge in [-0.1, -0.05) is 36.8 Å². The third kappa shape index (κ3) is 2.36. The number of hydrogen-bond donors (Lipinski definition) is 2. The number of rotatable bonds is 3. The highest BCUT2D eigenvalue weighted by Crippen LogP contribution is 2.26. The predicted molar refractivity (Wildman–Crippen MR) is 59.8 cm³/mol.